The number of likely N-dealkylation sites (tertiary alicyclic amines) is 1. The maximum Gasteiger partial charge on any atom is 0.229 e. The molecule has 2 amide bonds. The average Bonchev–Trinajstić information content (AvgIpc) is 2.62. The smallest absolute Gasteiger partial charge is 0.229 e. The molecule has 2 aliphatic rings. The fraction of sp³-hybridized carbons (Fsp3) is 0.833. The lowest BCUT2D eigenvalue weighted by Gasteiger charge is -2.24. The fourth-order valence-corrected chi connectivity index (χ4v) is 2.56. The SMILES string of the molecule is O=C1CCC(=O)N1CCNC1CCCCC1. The Bertz CT molecular complexity index is 256. The number of carbonyl (C=O) groups excluding carboxylic acids is 2. The van der Waals surface area contributed by atoms with E-state index in [4.69, 9.17) is 0 Å². The highest BCUT2D eigenvalue weighted by Gasteiger charge is 2.28. The zero-order valence-electron chi connectivity index (χ0n) is 9.71. The van der Waals surface area contributed by atoms with Gasteiger partial charge in [-0.3, -0.25) is 14.5 Å². The second-order valence-corrected chi connectivity index (χ2v) is 4.73. The van der Waals surface area contributed by atoms with Crippen LogP contribution in [0.25, 0.3) is 0 Å². The van der Waals surface area contributed by atoms with Crippen molar-refractivity contribution in [1.29, 1.82) is 0 Å². The van der Waals surface area contributed by atoms with Crippen molar-refractivity contribution >= 4 is 11.8 Å². The first-order chi connectivity index (χ1) is 7.77. The third kappa shape index (κ3) is 2.82. The van der Waals surface area contributed by atoms with Crippen molar-refractivity contribution in [1.82, 2.24) is 10.2 Å². The van der Waals surface area contributed by atoms with Crippen LogP contribution >= 0.6 is 0 Å². The molecular weight excluding hydrogens is 204 g/mol. The third-order valence-corrected chi connectivity index (χ3v) is 3.53. The van der Waals surface area contributed by atoms with Crippen LogP contribution in [0, 0.1) is 0 Å². The summed E-state index contributed by atoms with van der Waals surface area (Å²) < 4.78 is 0. The quantitative estimate of drug-likeness (QED) is 0.726. The van der Waals surface area contributed by atoms with Gasteiger partial charge in [0.2, 0.25) is 11.8 Å². The van der Waals surface area contributed by atoms with Gasteiger partial charge in [-0.2, -0.15) is 0 Å². The Balaban J connectivity index is 1.67. The lowest BCUT2D eigenvalue weighted by Crippen LogP contribution is -2.40. The van der Waals surface area contributed by atoms with E-state index in [1.165, 1.54) is 37.0 Å². The summed E-state index contributed by atoms with van der Waals surface area (Å²) in [6.07, 6.45) is 7.24. The van der Waals surface area contributed by atoms with E-state index in [1.807, 2.05) is 0 Å². The summed E-state index contributed by atoms with van der Waals surface area (Å²) in [6.45, 7) is 1.30. The summed E-state index contributed by atoms with van der Waals surface area (Å²) in [5.41, 5.74) is 0. The topological polar surface area (TPSA) is 49.4 Å². The van der Waals surface area contributed by atoms with E-state index < -0.39 is 0 Å². The predicted octanol–water partition coefficient (Wildman–Crippen LogP) is 1.06. The Morgan fingerprint density at radius 3 is 2.31 bits per heavy atom. The van der Waals surface area contributed by atoms with Crippen molar-refractivity contribution in [2.75, 3.05) is 13.1 Å². The minimum atomic E-state index is -0.00422. The molecule has 0 spiro atoms. The normalized spacial score (nSPS) is 23.1. The second kappa shape index (κ2) is 5.43. The molecular formula is C12H20N2O2. The summed E-state index contributed by atoms with van der Waals surface area (Å²) in [5, 5.41) is 3.44. The van der Waals surface area contributed by atoms with Gasteiger partial charge in [-0.05, 0) is 12.8 Å². The molecule has 0 aromatic heterocycles. The number of amides is 2. The van der Waals surface area contributed by atoms with Crippen LogP contribution in [0.1, 0.15) is 44.9 Å². The van der Waals surface area contributed by atoms with E-state index in [1.54, 1.807) is 0 Å². The van der Waals surface area contributed by atoms with Crippen LogP contribution in [0.3, 0.4) is 0 Å². The number of hydrogen-bond acceptors (Lipinski definition) is 3. The van der Waals surface area contributed by atoms with Gasteiger partial charge in [0.1, 0.15) is 0 Å². The van der Waals surface area contributed by atoms with Crippen molar-refractivity contribution in [3.05, 3.63) is 0 Å². The van der Waals surface area contributed by atoms with Gasteiger partial charge in [0, 0.05) is 32.0 Å². The van der Waals surface area contributed by atoms with Crippen molar-refractivity contribution < 1.29 is 9.59 Å². The molecule has 16 heavy (non-hydrogen) atoms. The second-order valence-electron chi connectivity index (χ2n) is 4.73. The largest absolute Gasteiger partial charge is 0.312 e. The summed E-state index contributed by atoms with van der Waals surface area (Å²) in [4.78, 5) is 24.1. The van der Waals surface area contributed by atoms with Crippen LogP contribution in [0.4, 0.5) is 0 Å². The maximum atomic E-state index is 11.3. The van der Waals surface area contributed by atoms with Crippen molar-refractivity contribution in [3.8, 4) is 0 Å². The summed E-state index contributed by atoms with van der Waals surface area (Å²) >= 11 is 0. The molecule has 90 valence electrons. The molecule has 1 N–H and O–H groups in total. The molecule has 4 heteroatoms. The Morgan fingerprint density at radius 1 is 1.06 bits per heavy atom. The molecule has 1 aliphatic carbocycles. The first-order valence-electron chi connectivity index (χ1n) is 6.34. The van der Waals surface area contributed by atoms with Gasteiger partial charge in [0.25, 0.3) is 0 Å². The summed E-state index contributed by atoms with van der Waals surface area (Å²) in [5.74, 6) is -0.00844. The molecule has 0 unspecified atom stereocenters. The van der Waals surface area contributed by atoms with Crippen LogP contribution in [0.2, 0.25) is 0 Å². The Kier molecular flexibility index (Phi) is 3.93. The van der Waals surface area contributed by atoms with Crippen LogP contribution in [0.5, 0.6) is 0 Å². The lowest BCUT2D eigenvalue weighted by atomic mass is 9.95. The molecule has 4 nitrogen and oxygen atoms in total. The molecule has 0 aromatic rings. The van der Waals surface area contributed by atoms with Gasteiger partial charge in [0.05, 0.1) is 0 Å². The zero-order chi connectivity index (χ0) is 11.4. The number of rotatable bonds is 4. The highest BCUT2D eigenvalue weighted by molar-refractivity contribution is 6.01. The standard InChI is InChI=1S/C12H20N2O2/c15-11-6-7-12(16)14(11)9-8-13-10-4-2-1-3-5-10/h10,13H,1-9H2. The monoisotopic (exact) mass is 224 g/mol. The molecule has 2 rings (SSSR count). The number of carbonyl (C=O) groups is 2. The van der Waals surface area contributed by atoms with Gasteiger partial charge < -0.3 is 5.32 Å². The number of imide groups is 1. The molecule has 1 heterocycles. The van der Waals surface area contributed by atoms with Gasteiger partial charge in [-0.25, -0.2) is 0 Å². The number of nitrogens with one attached hydrogen (secondary N) is 1. The summed E-state index contributed by atoms with van der Waals surface area (Å²) in [7, 11) is 0. The minimum Gasteiger partial charge on any atom is -0.312 e. The highest BCUT2D eigenvalue weighted by atomic mass is 16.2. The van der Waals surface area contributed by atoms with Crippen LogP contribution in [-0.2, 0) is 9.59 Å². The molecule has 0 aromatic carbocycles. The van der Waals surface area contributed by atoms with Gasteiger partial charge in [0.15, 0.2) is 0 Å². The van der Waals surface area contributed by atoms with Gasteiger partial charge >= 0.3 is 0 Å². The third-order valence-electron chi connectivity index (χ3n) is 3.53. The van der Waals surface area contributed by atoms with E-state index >= 15 is 0 Å². The summed E-state index contributed by atoms with van der Waals surface area (Å²) in [6, 6.07) is 0.599. The van der Waals surface area contributed by atoms with E-state index in [9.17, 15) is 9.59 Å². The van der Waals surface area contributed by atoms with Crippen LogP contribution in [0.15, 0.2) is 0 Å². The molecule has 0 radical (unpaired) electrons. The fourth-order valence-electron chi connectivity index (χ4n) is 2.56. The van der Waals surface area contributed by atoms with E-state index in [0.29, 0.717) is 25.4 Å². The Labute approximate surface area is 96.4 Å². The van der Waals surface area contributed by atoms with E-state index in [2.05, 4.69) is 5.32 Å². The van der Waals surface area contributed by atoms with Crippen LogP contribution in [-0.4, -0.2) is 35.8 Å². The van der Waals surface area contributed by atoms with Crippen molar-refractivity contribution in [2.45, 2.75) is 51.0 Å². The Hall–Kier alpha value is -0.900. The van der Waals surface area contributed by atoms with Crippen molar-refractivity contribution in [2.24, 2.45) is 0 Å². The van der Waals surface area contributed by atoms with Gasteiger partial charge in [-0.1, -0.05) is 19.3 Å². The minimum absolute atomic E-state index is 0.00422. The average molecular weight is 224 g/mol. The molecule has 1 saturated carbocycles. The predicted molar refractivity (Wildman–Crippen MR) is 60.8 cm³/mol. The lowest BCUT2D eigenvalue weighted by molar-refractivity contribution is -0.138. The molecule has 0 bridgehead atoms. The van der Waals surface area contributed by atoms with E-state index in [-0.39, 0.29) is 11.8 Å². The number of hydrogen-bond donors (Lipinski definition) is 1. The molecule has 1 aliphatic heterocycles. The number of nitrogens with zero attached hydrogens (tertiary/aromatic N) is 1. The first kappa shape index (κ1) is 11.6. The molecule has 1 saturated heterocycles. The molecule has 2 fully saturated rings. The maximum absolute atomic E-state index is 11.3. The Morgan fingerprint density at radius 2 is 1.69 bits per heavy atom. The highest BCUT2D eigenvalue weighted by Crippen LogP contribution is 2.17. The van der Waals surface area contributed by atoms with Crippen LogP contribution < -0.4 is 5.32 Å². The van der Waals surface area contributed by atoms with Gasteiger partial charge in [-0.15, -0.1) is 0 Å². The van der Waals surface area contributed by atoms with E-state index in [0.717, 1.165) is 6.54 Å². The first-order valence-corrected chi connectivity index (χ1v) is 6.34. The van der Waals surface area contributed by atoms with Crippen molar-refractivity contribution in [3.63, 3.8) is 0 Å². The zero-order valence-corrected chi connectivity index (χ0v) is 9.71. The molecule has 0 atom stereocenters.